The smallest absolute Gasteiger partial charge is 0.169 e. The fourth-order valence-electron chi connectivity index (χ4n) is 7.81. The predicted octanol–water partition coefficient (Wildman–Crippen LogP) is 9.81. The van der Waals surface area contributed by atoms with Gasteiger partial charge < -0.3 is 38.5 Å². The lowest BCUT2D eigenvalue weighted by molar-refractivity contribution is 0.728. The van der Waals surface area contributed by atoms with E-state index in [1.165, 1.54) is 0 Å². The minimum absolute atomic E-state index is 0.153. The number of anilines is 7. The molecule has 280 valence electrons. The molecule has 0 fully saturated rings. The fraction of sp³-hybridized carbons (Fsp3) is 0.0833. The van der Waals surface area contributed by atoms with Crippen molar-refractivity contribution in [3.63, 3.8) is 0 Å². The van der Waals surface area contributed by atoms with Crippen molar-refractivity contribution in [1.29, 1.82) is 0 Å². The maximum absolute atomic E-state index is 6.82. The third-order valence-electron chi connectivity index (χ3n) is 10.7. The van der Waals surface area contributed by atoms with Crippen LogP contribution >= 0.6 is 0 Å². The summed E-state index contributed by atoms with van der Waals surface area (Å²) in [6.45, 7) is 2.18. The van der Waals surface area contributed by atoms with Crippen LogP contribution in [0.1, 0.15) is 36.2 Å². The zero-order valence-electron chi connectivity index (χ0n) is 31.5. The SMILES string of the molecule is CCC1Nc2ccccc2N1c1ccc(-c2ccc(-c3ccc(N)c(-c4ccc(C5N=C(c6ccccc6)NC(c6ccccc6)=N5)cc4N)c3)c(N)c2)c(N)c1. The van der Waals surface area contributed by atoms with E-state index >= 15 is 0 Å². The van der Waals surface area contributed by atoms with Gasteiger partial charge >= 0.3 is 0 Å². The molecule has 10 N–H and O–H groups in total. The molecule has 7 aromatic rings. The van der Waals surface area contributed by atoms with Gasteiger partial charge in [0.25, 0.3) is 0 Å². The average molecular weight is 746 g/mol. The van der Waals surface area contributed by atoms with E-state index in [0.29, 0.717) is 22.7 Å². The van der Waals surface area contributed by atoms with Crippen LogP contribution in [0.4, 0.5) is 39.8 Å². The van der Waals surface area contributed by atoms with E-state index < -0.39 is 6.17 Å². The van der Waals surface area contributed by atoms with Crippen molar-refractivity contribution in [3.05, 3.63) is 174 Å². The van der Waals surface area contributed by atoms with Crippen molar-refractivity contribution in [3.8, 4) is 33.4 Å². The molecular weight excluding hydrogens is 703 g/mol. The molecule has 9 rings (SSSR count). The van der Waals surface area contributed by atoms with Crippen LogP contribution < -0.4 is 38.5 Å². The Kier molecular flexibility index (Phi) is 9.02. The summed E-state index contributed by atoms with van der Waals surface area (Å²) in [6.07, 6.45) is 0.593. The third kappa shape index (κ3) is 6.65. The number of nitrogen functional groups attached to an aromatic ring is 4. The van der Waals surface area contributed by atoms with E-state index in [0.717, 1.165) is 85.2 Å². The average Bonchev–Trinajstić information content (AvgIpc) is 3.63. The first-order valence-corrected chi connectivity index (χ1v) is 19.1. The van der Waals surface area contributed by atoms with Gasteiger partial charge in [0.05, 0.1) is 11.4 Å². The zero-order valence-corrected chi connectivity index (χ0v) is 31.5. The number of nitrogens with one attached hydrogen (secondary N) is 2. The summed E-state index contributed by atoms with van der Waals surface area (Å²) in [4.78, 5) is 12.3. The van der Waals surface area contributed by atoms with E-state index in [1.54, 1.807) is 0 Å². The topological polar surface area (TPSA) is 156 Å². The van der Waals surface area contributed by atoms with Crippen molar-refractivity contribution in [2.45, 2.75) is 25.7 Å². The standard InChI is InChI=1S/C48H43N9/c1-2-45-53-43-15-9-10-16-44(43)57(45)34-20-23-36(42(52)28-34)32-17-21-35(40(50)26-32)31-19-24-39(49)38(25-31)37-22-18-33(27-41(37)51)48-55-46(29-11-5-3-6-12-29)54-47(56-48)30-13-7-4-8-14-30/h3-28,45,48,53H,2,49-52H2,1H3,(H,54,55,56). The van der Waals surface area contributed by atoms with Crippen LogP contribution in [0.3, 0.4) is 0 Å². The maximum atomic E-state index is 6.82. The monoisotopic (exact) mass is 745 g/mol. The van der Waals surface area contributed by atoms with Gasteiger partial charge in [-0.25, -0.2) is 9.98 Å². The molecule has 0 aromatic heterocycles. The van der Waals surface area contributed by atoms with E-state index in [-0.39, 0.29) is 6.17 Å². The Hall–Kier alpha value is -7.52. The summed E-state index contributed by atoms with van der Waals surface area (Å²) in [5, 5.41) is 7.06. The van der Waals surface area contributed by atoms with Crippen molar-refractivity contribution in [2.75, 3.05) is 33.2 Å². The maximum Gasteiger partial charge on any atom is 0.169 e. The van der Waals surface area contributed by atoms with Gasteiger partial charge in [0.15, 0.2) is 6.17 Å². The third-order valence-corrected chi connectivity index (χ3v) is 10.7. The van der Waals surface area contributed by atoms with Crippen LogP contribution in [0.5, 0.6) is 0 Å². The summed E-state index contributed by atoms with van der Waals surface area (Å²) in [7, 11) is 0. The van der Waals surface area contributed by atoms with Gasteiger partial charge in [-0.2, -0.15) is 0 Å². The molecule has 2 aliphatic heterocycles. The number of rotatable bonds is 8. The largest absolute Gasteiger partial charge is 0.398 e. The molecule has 0 spiro atoms. The van der Waals surface area contributed by atoms with Crippen molar-refractivity contribution >= 4 is 51.5 Å². The summed E-state index contributed by atoms with van der Waals surface area (Å²) < 4.78 is 0. The molecule has 57 heavy (non-hydrogen) atoms. The first kappa shape index (κ1) is 35.2. The Morgan fingerprint density at radius 3 is 1.74 bits per heavy atom. The van der Waals surface area contributed by atoms with Crippen LogP contribution in [0.25, 0.3) is 33.4 Å². The van der Waals surface area contributed by atoms with Crippen molar-refractivity contribution in [1.82, 2.24) is 5.32 Å². The number of hydrogen-bond acceptors (Lipinski definition) is 9. The highest BCUT2D eigenvalue weighted by atomic mass is 15.3. The molecule has 7 aromatic carbocycles. The van der Waals surface area contributed by atoms with Crippen molar-refractivity contribution < 1.29 is 0 Å². The number of nitrogens with zero attached hydrogens (tertiary/aromatic N) is 3. The molecule has 1 unspecified atom stereocenters. The van der Waals surface area contributed by atoms with Gasteiger partial charge in [0, 0.05) is 67.4 Å². The number of para-hydroxylation sites is 2. The van der Waals surface area contributed by atoms with Gasteiger partial charge in [-0.15, -0.1) is 0 Å². The van der Waals surface area contributed by atoms with E-state index in [9.17, 15) is 0 Å². The predicted molar refractivity (Wildman–Crippen MR) is 239 cm³/mol. The number of amidine groups is 2. The Morgan fingerprint density at radius 2 is 1.09 bits per heavy atom. The lowest BCUT2D eigenvalue weighted by Gasteiger charge is -2.27. The van der Waals surface area contributed by atoms with Crippen LogP contribution in [-0.2, 0) is 0 Å². The molecule has 0 aliphatic carbocycles. The summed E-state index contributed by atoms with van der Waals surface area (Å²) in [5.74, 6) is 1.49. The number of nitrogens with two attached hydrogens (primary N) is 4. The molecule has 1 atom stereocenters. The quantitative estimate of drug-likeness (QED) is 0.0846. The second kappa shape index (κ2) is 14.6. The molecule has 0 radical (unpaired) electrons. The lowest BCUT2D eigenvalue weighted by atomic mass is 9.93. The Morgan fingerprint density at radius 1 is 0.509 bits per heavy atom. The molecule has 2 heterocycles. The van der Waals surface area contributed by atoms with E-state index in [2.05, 4.69) is 64.9 Å². The number of hydrogen-bond donors (Lipinski definition) is 6. The molecule has 0 saturated carbocycles. The molecular formula is C48H43N9. The minimum atomic E-state index is -0.498. The van der Waals surface area contributed by atoms with Gasteiger partial charge in [-0.1, -0.05) is 116 Å². The van der Waals surface area contributed by atoms with E-state index in [1.807, 2.05) is 115 Å². The normalized spacial score (nSPS) is 15.0. The Balaban J connectivity index is 1.00. The number of fused-ring (bicyclic) bond motifs is 1. The van der Waals surface area contributed by atoms with Gasteiger partial charge in [-0.05, 0) is 66.1 Å². The summed E-state index contributed by atoms with van der Waals surface area (Å²) in [6, 6.07) is 52.7. The molecule has 9 heteroatoms. The Bertz CT molecular complexity index is 2630. The number of aliphatic imine (C=N–C) groups is 2. The van der Waals surface area contributed by atoms with Crippen LogP contribution in [0.15, 0.2) is 168 Å². The first-order chi connectivity index (χ1) is 27.8. The zero-order chi connectivity index (χ0) is 39.0. The molecule has 2 aliphatic rings. The Labute approximate surface area is 332 Å². The number of benzene rings is 7. The second-order valence-electron chi connectivity index (χ2n) is 14.4. The van der Waals surface area contributed by atoms with Crippen LogP contribution in [-0.4, -0.2) is 17.8 Å². The fourth-order valence-corrected chi connectivity index (χ4v) is 7.81. The molecule has 0 amide bonds. The van der Waals surface area contributed by atoms with Gasteiger partial charge in [0.2, 0.25) is 0 Å². The van der Waals surface area contributed by atoms with Crippen LogP contribution in [0.2, 0.25) is 0 Å². The molecule has 0 bridgehead atoms. The lowest BCUT2D eigenvalue weighted by Crippen LogP contribution is -2.36. The first-order valence-electron chi connectivity index (χ1n) is 19.1. The minimum Gasteiger partial charge on any atom is -0.398 e. The van der Waals surface area contributed by atoms with Gasteiger partial charge in [-0.3, -0.25) is 0 Å². The van der Waals surface area contributed by atoms with E-state index in [4.69, 9.17) is 32.9 Å². The second-order valence-corrected chi connectivity index (χ2v) is 14.4. The van der Waals surface area contributed by atoms with Crippen molar-refractivity contribution in [2.24, 2.45) is 9.98 Å². The molecule has 9 nitrogen and oxygen atoms in total. The highest BCUT2D eigenvalue weighted by Crippen LogP contribution is 2.43. The van der Waals surface area contributed by atoms with Crippen LogP contribution in [0, 0.1) is 0 Å². The molecule has 0 saturated heterocycles. The highest BCUT2D eigenvalue weighted by molar-refractivity contribution is 6.15. The summed E-state index contributed by atoms with van der Waals surface area (Å²) >= 11 is 0. The summed E-state index contributed by atoms with van der Waals surface area (Å²) in [5.41, 5.74) is 40.9. The van der Waals surface area contributed by atoms with Gasteiger partial charge in [0.1, 0.15) is 17.8 Å². The highest BCUT2D eigenvalue weighted by Gasteiger charge is 2.29.